The van der Waals surface area contributed by atoms with Gasteiger partial charge in [0.15, 0.2) is 0 Å². The minimum Gasteiger partial charge on any atom is -0.507 e. The number of amides is 1. The topological polar surface area (TPSA) is 66.8 Å². The summed E-state index contributed by atoms with van der Waals surface area (Å²) in [4.78, 5) is 27.7. The molecule has 0 aliphatic carbocycles. The number of nitrogens with zero attached hydrogens (tertiary/aromatic N) is 1. The van der Waals surface area contributed by atoms with Crippen LogP contribution in [0.3, 0.4) is 0 Å². The van der Waals surface area contributed by atoms with Crippen LogP contribution < -0.4 is 4.74 Å². The summed E-state index contributed by atoms with van der Waals surface area (Å²) in [5.74, 6) is -1.57. The van der Waals surface area contributed by atoms with Crippen molar-refractivity contribution in [3.8, 4) is 5.75 Å². The summed E-state index contributed by atoms with van der Waals surface area (Å²) in [6.45, 7) is 4.32. The highest BCUT2D eigenvalue weighted by molar-refractivity contribution is 6.46. The molecule has 1 atom stereocenters. The van der Waals surface area contributed by atoms with Gasteiger partial charge in [-0.1, -0.05) is 54.1 Å². The number of carbonyl (C=O) groups excluding carboxylic acids is 2. The molecule has 1 saturated heterocycles. The number of likely N-dealkylation sites (tertiary alicyclic amines) is 1. The van der Waals surface area contributed by atoms with Gasteiger partial charge in [-0.15, -0.1) is 0 Å². The third-order valence-electron chi connectivity index (χ3n) is 5.58. The van der Waals surface area contributed by atoms with E-state index in [1.54, 1.807) is 36.4 Å². The number of hydrogen-bond donors (Lipinski definition) is 1. The smallest absolute Gasteiger partial charge is 0.295 e. The van der Waals surface area contributed by atoms with Crippen LogP contribution in [-0.2, 0) is 16.1 Å². The van der Waals surface area contributed by atoms with E-state index in [-0.39, 0.29) is 23.7 Å². The highest BCUT2D eigenvalue weighted by Gasteiger charge is 2.46. The van der Waals surface area contributed by atoms with Crippen LogP contribution in [0.5, 0.6) is 5.75 Å². The summed E-state index contributed by atoms with van der Waals surface area (Å²) in [6, 6.07) is 19.2. The molecule has 0 radical (unpaired) electrons. The van der Waals surface area contributed by atoms with E-state index in [2.05, 4.69) is 0 Å². The average Bonchev–Trinajstić information content (AvgIpc) is 3.05. The number of aryl methyl sites for hydroxylation is 1. The monoisotopic (exact) mass is 445 g/mol. The fourth-order valence-corrected chi connectivity index (χ4v) is 4.07. The molecule has 0 saturated carbocycles. The first kappa shape index (κ1) is 22.3. The highest BCUT2D eigenvalue weighted by Crippen LogP contribution is 2.40. The zero-order valence-corrected chi connectivity index (χ0v) is 18.4. The van der Waals surface area contributed by atoms with Crippen LogP contribution in [0.4, 0.5) is 4.39 Å². The number of hydrogen-bond acceptors (Lipinski definition) is 4. The van der Waals surface area contributed by atoms with E-state index in [0.717, 1.165) is 5.56 Å². The Morgan fingerprint density at radius 3 is 2.45 bits per heavy atom. The number of benzene rings is 3. The van der Waals surface area contributed by atoms with Crippen molar-refractivity contribution in [3.05, 3.63) is 106 Å². The second-order valence-corrected chi connectivity index (χ2v) is 7.93. The number of aliphatic hydroxyl groups excluding tert-OH is 1. The van der Waals surface area contributed by atoms with Crippen molar-refractivity contribution in [2.75, 3.05) is 6.61 Å². The van der Waals surface area contributed by atoms with Crippen LogP contribution >= 0.6 is 0 Å². The van der Waals surface area contributed by atoms with Crippen LogP contribution in [-0.4, -0.2) is 28.3 Å². The third kappa shape index (κ3) is 4.51. The Morgan fingerprint density at radius 1 is 1.03 bits per heavy atom. The van der Waals surface area contributed by atoms with Gasteiger partial charge in [0.05, 0.1) is 18.2 Å². The van der Waals surface area contributed by atoms with Crippen molar-refractivity contribution in [2.24, 2.45) is 0 Å². The molecule has 5 nitrogen and oxygen atoms in total. The molecule has 1 aliphatic rings. The Balaban J connectivity index is 1.84. The van der Waals surface area contributed by atoms with Gasteiger partial charge >= 0.3 is 0 Å². The first-order valence-corrected chi connectivity index (χ1v) is 10.7. The zero-order chi connectivity index (χ0) is 23.5. The van der Waals surface area contributed by atoms with Gasteiger partial charge in [0, 0.05) is 12.1 Å². The fourth-order valence-electron chi connectivity index (χ4n) is 4.07. The SMILES string of the molecule is CCOc1cccc(/C(O)=C2/C(=O)C(=O)N(Cc3ccc(F)cc3)C2c2cccc(C)c2)c1. The molecular weight excluding hydrogens is 421 g/mol. The predicted octanol–water partition coefficient (Wildman–Crippen LogP) is 5.15. The van der Waals surface area contributed by atoms with Crippen molar-refractivity contribution in [2.45, 2.75) is 26.4 Å². The van der Waals surface area contributed by atoms with Crippen molar-refractivity contribution < 1.29 is 23.8 Å². The number of ether oxygens (including phenoxy) is 1. The lowest BCUT2D eigenvalue weighted by Gasteiger charge is -2.25. The van der Waals surface area contributed by atoms with Gasteiger partial charge in [-0.3, -0.25) is 9.59 Å². The summed E-state index contributed by atoms with van der Waals surface area (Å²) >= 11 is 0. The lowest BCUT2D eigenvalue weighted by molar-refractivity contribution is -0.140. The van der Waals surface area contributed by atoms with E-state index in [9.17, 15) is 19.1 Å². The number of carbonyl (C=O) groups is 2. The van der Waals surface area contributed by atoms with Gasteiger partial charge < -0.3 is 14.7 Å². The Bertz CT molecular complexity index is 1230. The molecule has 1 unspecified atom stereocenters. The van der Waals surface area contributed by atoms with E-state index in [4.69, 9.17) is 4.74 Å². The van der Waals surface area contributed by atoms with Crippen LogP contribution in [0.2, 0.25) is 0 Å². The normalized spacial score (nSPS) is 17.4. The molecule has 1 aliphatic heterocycles. The molecule has 1 amide bonds. The quantitative estimate of drug-likeness (QED) is 0.324. The maximum atomic E-state index is 13.4. The van der Waals surface area contributed by atoms with Gasteiger partial charge in [0.2, 0.25) is 0 Å². The van der Waals surface area contributed by atoms with Gasteiger partial charge in [-0.25, -0.2) is 4.39 Å². The van der Waals surface area contributed by atoms with Gasteiger partial charge in [0.25, 0.3) is 11.7 Å². The first-order valence-electron chi connectivity index (χ1n) is 10.7. The molecule has 1 heterocycles. The zero-order valence-electron chi connectivity index (χ0n) is 18.4. The van der Waals surface area contributed by atoms with Crippen LogP contribution in [0.1, 0.15) is 35.2 Å². The molecule has 0 bridgehead atoms. The number of aliphatic hydroxyl groups is 1. The molecule has 6 heteroatoms. The van der Waals surface area contributed by atoms with Crippen LogP contribution in [0.25, 0.3) is 5.76 Å². The number of halogens is 1. The Hall–Kier alpha value is -3.93. The molecule has 3 aromatic rings. The minimum absolute atomic E-state index is 0.0151. The maximum Gasteiger partial charge on any atom is 0.295 e. The average molecular weight is 445 g/mol. The maximum absolute atomic E-state index is 13.4. The van der Waals surface area contributed by atoms with Crippen LogP contribution in [0.15, 0.2) is 78.4 Å². The van der Waals surface area contributed by atoms with E-state index in [1.807, 2.05) is 38.1 Å². The van der Waals surface area contributed by atoms with E-state index in [0.29, 0.717) is 29.0 Å². The molecule has 168 valence electrons. The van der Waals surface area contributed by atoms with Gasteiger partial charge in [0.1, 0.15) is 17.3 Å². The summed E-state index contributed by atoms with van der Waals surface area (Å²) in [6.07, 6.45) is 0. The molecule has 0 spiro atoms. The van der Waals surface area contributed by atoms with Gasteiger partial charge in [-0.05, 0) is 49.2 Å². The molecule has 0 aromatic heterocycles. The largest absolute Gasteiger partial charge is 0.507 e. The fraction of sp³-hybridized carbons (Fsp3) is 0.185. The highest BCUT2D eigenvalue weighted by atomic mass is 19.1. The molecule has 1 N–H and O–H groups in total. The summed E-state index contributed by atoms with van der Waals surface area (Å²) in [5.41, 5.74) is 2.74. The van der Waals surface area contributed by atoms with E-state index in [1.165, 1.54) is 17.0 Å². The second-order valence-electron chi connectivity index (χ2n) is 7.93. The van der Waals surface area contributed by atoms with E-state index >= 15 is 0 Å². The van der Waals surface area contributed by atoms with Crippen molar-refractivity contribution in [3.63, 3.8) is 0 Å². The van der Waals surface area contributed by atoms with E-state index < -0.39 is 17.7 Å². The Morgan fingerprint density at radius 2 is 1.76 bits per heavy atom. The molecule has 3 aromatic carbocycles. The van der Waals surface area contributed by atoms with Crippen molar-refractivity contribution in [1.82, 2.24) is 4.90 Å². The summed E-state index contributed by atoms with van der Waals surface area (Å²) < 4.78 is 18.9. The van der Waals surface area contributed by atoms with Crippen LogP contribution in [0, 0.1) is 12.7 Å². The molecular formula is C27H24FNO4. The van der Waals surface area contributed by atoms with Crippen molar-refractivity contribution in [1.29, 1.82) is 0 Å². The molecule has 4 rings (SSSR count). The number of Topliss-reactive ketones (excluding diaryl/α,β-unsaturated/α-hetero) is 1. The summed E-state index contributed by atoms with van der Waals surface area (Å²) in [5, 5.41) is 11.2. The second kappa shape index (κ2) is 9.28. The predicted molar refractivity (Wildman–Crippen MR) is 123 cm³/mol. The summed E-state index contributed by atoms with van der Waals surface area (Å²) in [7, 11) is 0. The minimum atomic E-state index is -0.786. The first-order chi connectivity index (χ1) is 15.9. The lowest BCUT2D eigenvalue weighted by Crippen LogP contribution is -2.29. The molecule has 33 heavy (non-hydrogen) atoms. The standard InChI is InChI=1S/C27H24FNO4/c1-3-33-22-9-5-8-20(15-22)25(30)23-24(19-7-4-6-17(2)14-19)29(27(32)26(23)31)16-18-10-12-21(28)13-11-18/h4-15,24,30H,3,16H2,1-2H3/b25-23-. The lowest BCUT2D eigenvalue weighted by atomic mass is 9.94. The Kier molecular flexibility index (Phi) is 6.27. The van der Waals surface area contributed by atoms with Gasteiger partial charge in [-0.2, -0.15) is 0 Å². The van der Waals surface area contributed by atoms with Crippen molar-refractivity contribution >= 4 is 17.4 Å². The molecule has 1 fully saturated rings. The Labute approximate surface area is 191 Å². The number of rotatable bonds is 6. The number of ketones is 1. The third-order valence-corrected chi connectivity index (χ3v) is 5.58.